The summed E-state index contributed by atoms with van der Waals surface area (Å²) in [5.74, 6) is -1.31. The van der Waals surface area contributed by atoms with Gasteiger partial charge in [0, 0.05) is 18.0 Å². The Labute approximate surface area is 113 Å². The van der Waals surface area contributed by atoms with Crippen molar-refractivity contribution in [2.24, 2.45) is 0 Å². The summed E-state index contributed by atoms with van der Waals surface area (Å²) < 4.78 is 15.4. The third kappa shape index (κ3) is 1.82. The average Bonchev–Trinajstić information content (AvgIpc) is 2.84. The number of nitrogens with zero attached hydrogens (tertiary/aromatic N) is 3. The van der Waals surface area contributed by atoms with Gasteiger partial charge in [-0.2, -0.15) is 5.10 Å². The summed E-state index contributed by atoms with van der Waals surface area (Å²) in [4.78, 5) is 15.4. The van der Waals surface area contributed by atoms with Crippen molar-refractivity contribution in [3.8, 4) is 16.9 Å². The molecule has 6 heteroatoms. The number of Topliss-reactive ketones (excluding diaryl/α,β-unsaturated/α-hetero) is 1. The second-order valence-electron chi connectivity index (χ2n) is 4.35. The smallest absolute Gasteiger partial charge is 0.162 e. The minimum atomic E-state index is -0.680. The molecule has 0 fully saturated rings. The molecular weight excluding hydrogens is 261 g/mol. The highest BCUT2D eigenvalue weighted by Gasteiger charge is 2.17. The van der Waals surface area contributed by atoms with Gasteiger partial charge in [-0.05, 0) is 25.1 Å². The molecule has 0 aliphatic heterocycles. The molecule has 0 atom stereocenters. The van der Waals surface area contributed by atoms with Crippen molar-refractivity contribution in [1.82, 2.24) is 14.6 Å². The highest BCUT2D eigenvalue weighted by atomic mass is 19.1. The molecule has 100 valence electrons. The molecule has 0 saturated carbocycles. The number of phenols is 1. The Morgan fingerprint density at radius 3 is 2.90 bits per heavy atom. The molecular formula is C14H10FN3O2. The van der Waals surface area contributed by atoms with Crippen LogP contribution >= 0.6 is 0 Å². The van der Waals surface area contributed by atoms with Crippen LogP contribution in [0.5, 0.6) is 5.75 Å². The SMILES string of the molecule is CC(=O)c1cc(O)c(-c2cnn3cccnc23)cc1F. The number of benzene rings is 1. The summed E-state index contributed by atoms with van der Waals surface area (Å²) >= 11 is 0. The number of ketones is 1. The number of carbonyl (C=O) groups excluding carboxylic acids is 1. The monoisotopic (exact) mass is 271 g/mol. The van der Waals surface area contributed by atoms with Crippen LogP contribution in [0, 0.1) is 5.82 Å². The summed E-state index contributed by atoms with van der Waals surface area (Å²) in [6, 6.07) is 3.96. The molecule has 0 unspecified atom stereocenters. The lowest BCUT2D eigenvalue weighted by Gasteiger charge is -2.06. The number of hydrogen-bond donors (Lipinski definition) is 1. The standard InChI is InChI=1S/C14H10FN3O2/c1-8(19)9-6-13(20)10(5-12(9)15)11-7-17-18-4-2-3-16-14(11)18/h2-7,20H,1H3. The third-order valence-electron chi connectivity index (χ3n) is 3.03. The van der Waals surface area contributed by atoms with E-state index in [4.69, 9.17) is 0 Å². The van der Waals surface area contributed by atoms with Crippen molar-refractivity contribution in [3.63, 3.8) is 0 Å². The van der Waals surface area contributed by atoms with Gasteiger partial charge in [0.25, 0.3) is 0 Å². The minimum absolute atomic E-state index is 0.143. The zero-order valence-corrected chi connectivity index (χ0v) is 10.5. The van der Waals surface area contributed by atoms with Crippen LogP contribution in [-0.4, -0.2) is 25.5 Å². The van der Waals surface area contributed by atoms with Gasteiger partial charge in [-0.1, -0.05) is 0 Å². The van der Waals surface area contributed by atoms with Crippen LogP contribution in [0.25, 0.3) is 16.8 Å². The summed E-state index contributed by atoms with van der Waals surface area (Å²) in [5, 5.41) is 14.1. The van der Waals surface area contributed by atoms with Crippen molar-refractivity contribution in [3.05, 3.63) is 48.2 Å². The van der Waals surface area contributed by atoms with E-state index in [1.54, 1.807) is 18.5 Å². The zero-order valence-electron chi connectivity index (χ0n) is 10.5. The predicted molar refractivity (Wildman–Crippen MR) is 70.1 cm³/mol. The van der Waals surface area contributed by atoms with Crippen molar-refractivity contribution in [1.29, 1.82) is 0 Å². The van der Waals surface area contributed by atoms with E-state index in [2.05, 4.69) is 10.1 Å². The number of fused-ring (bicyclic) bond motifs is 1. The van der Waals surface area contributed by atoms with Crippen LogP contribution in [-0.2, 0) is 0 Å². The Morgan fingerprint density at radius 1 is 1.35 bits per heavy atom. The molecule has 3 aromatic rings. The van der Waals surface area contributed by atoms with Crippen molar-refractivity contribution >= 4 is 11.4 Å². The number of rotatable bonds is 2. The zero-order chi connectivity index (χ0) is 14.3. The van der Waals surface area contributed by atoms with Gasteiger partial charge in [0.15, 0.2) is 11.4 Å². The first-order chi connectivity index (χ1) is 9.58. The first kappa shape index (κ1) is 12.3. The van der Waals surface area contributed by atoms with Crippen LogP contribution < -0.4 is 0 Å². The van der Waals surface area contributed by atoms with Crippen molar-refractivity contribution < 1.29 is 14.3 Å². The second kappa shape index (κ2) is 4.41. The van der Waals surface area contributed by atoms with E-state index in [0.717, 1.165) is 12.1 Å². The lowest BCUT2D eigenvalue weighted by atomic mass is 10.0. The van der Waals surface area contributed by atoms with Gasteiger partial charge in [0.05, 0.1) is 17.3 Å². The van der Waals surface area contributed by atoms with Gasteiger partial charge in [0.2, 0.25) is 0 Å². The maximum Gasteiger partial charge on any atom is 0.162 e. The number of halogens is 1. The summed E-state index contributed by atoms with van der Waals surface area (Å²) in [6.45, 7) is 1.24. The number of carbonyl (C=O) groups is 1. The van der Waals surface area contributed by atoms with Crippen LogP contribution in [0.4, 0.5) is 4.39 Å². The Hall–Kier alpha value is -2.76. The molecule has 5 nitrogen and oxygen atoms in total. The second-order valence-corrected chi connectivity index (χ2v) is 4.35. The quantitative estimate of drug-likeness (QED) is 0.727. The average molecular weight is 271 g/mol. The van der Waals surface area contributed by atoms with Gasteiger partial charge in [-0.15, -0.1) is 0 Å². The van der Waals surface area contributed by atoms with E-state index in [1.807, 2.05) is 0 Å². The molecule has 0 aliphatic carbocycles. The summed E-state index contributed by atoms with van der Waals surface area (Å²) in [5.41, 5.74) is 1.10. The molecule has 0 saturated heterocycles. The Bertz CT molecular complexity index is 826. The molecule has 2 aromatic heterocycles. The van der Waals surface area contributed by atoms with Crippen molar-refractivity contribution in [2.45, 2.75) is 6.92 Å². The molecule has 20 heavy (non-hydrogen) atoms. The molecule has 1 aromatic carbocycles. The lowest BCUT2D eigenvalue weighted by molar-refractivity contribution is 0.101. The normalized spacial score (nSPS) is 10.9. The Balaban J connectivity index is 2.25. The van der Waals surface area contributed by atoms with Gasteiger partial charge in [-0.25, -0.2) is 13.9 Å². The number of aromatic hydroxyl groups is 1. The fraction of sp³-hybridized carbons (Fsp3) is 0.0714. The number of phenolic OH excluding ortho intramolecular Hbond substituents is 1. The molecule has 0 radical (unpaired) electrons. The van der Waals surface area contributed by atoms with E-state index < -0.39 is 11.6 Å². The van der Waals surface area contributed by atoms with E-state index in [9.17, 15) is 14.3 Å². The Kier molecular flexibility index (Phi) is 2.71. The predicted octanol–water partition coefficient (Wildman–Crippen LogP) is 2.44. The van der Waals surface area contributed by atoms with E-state index >= 15 is 0 Å². The molecule has 0 bridgehead atoms. The largest absolute Gasteiger partial charge is 0.507 e. The first-order valence-corrected chi connectivity index (χ1v) is 5.90. The van der Waals surface area contributed by atoms with Gasteiger partial charge < -0.3 is 5.11 Å². The molecule has 0 aliphatic rings. The van der Waals surface area contributed by atoms with Crippen LogP contribution in [0.1, 0.15) is 17.3 Å². The highest BCUT2D eigenvalue weighted by molar-refractivity contribution is 5.96. The van der Waals surface area contributed by atoms with Crippen LogP contribution in [0.15, 0.2) is 36.8 Å². The lowest BCUT2D eigenvalue weighted by Crippen LogP contribution is -1.97. The van der Waals surface area contributed by atoms with E-state index in [1.165, 1.54) is 17.6 Å². The third-order valence-corrected chi connectivity index (χ3v) is 3.03. The fourth-order valence-corrected chi connectivity index (χ4v) is 2.06. The van der Waals surface area contributed by atoms with E-state index in [0.29, 0.717) is 11.2 Å². The molecule has 0 spiro atoms. The summed E-state index contributed by atoms with van der Waals surface area (Å²) in [6.07, 6.45) is 4.77. The maximum absolute atomic E-state index is 13.9. The molecule has 3 rings (SSSR count). The van der Waals surface area contributed by atoms with Gasteiger partial charge in [0.1, 0.15) is 11.6 Å². The minimum Gasteiger partial charge on any atom is -0.507 e. The van der Waals surface area contributed by atoms with Gasteiger partial charge >= 0.3 is 0 Å². The van der Waals surface area contributed by atoms with Crippen LogP contribution in [0.2, 0.25) is 0 Å². The Morgan fingerprint density at radius 2 is 2.15 bits per heavy atom. The molecule has 2 heterocycles. The molecule has 1 N–H and O–H groups in total. The summed E-state index contributed by atoms with van der Waals surface area (Å²) in [7, 11) is 0. The van der Waals surface area contributed by atoms with Crippen molar-refractivity contribution in [2.75, 3.05) is 0 Å². The van der Waals surface area contributed by atoms with Crippen LogP contribution in [0.3, 0.4) is 0 Å². The van der Waals surface area contributed by atoms with Gasteiger partial charge in [-0.3, -0.25) is 4.79 Å². The van der Waals surface area contributed by atoms with E-state index in [-0.39, 0.29) is 16.9 Å². The topological polar surface area (TPSA) is 67.5 Å². The maximum atomic E-state index is 13.9. The highest BCUT2D eigenvalue weighted by Crippen LogP contribution is 2.33. The fourth-order valence-electron chi connectivity index (χ4n) is 2.06. The first-order valence-electron chi connectivity index (χ1n) is 5.90. The number of hydrogen-bond acceptors (Lipinski definition) is 4. The molecule has 0 amide bonds. The number of aromatic nitrogens is 3.